The highest BCUT2D eigenvalue weighted by Crippen LogP contribution is 2.19. The van der Waals surface area contributed by atoms with Crippen molar-refractivity contribution >= 4 is 11.6 Å². The minimum Gasteiger partial charge on any atom is -0.295 e. The summed E-state index contributed by atoms with van der Waals surface area (Å²) in [4.78, 5) is 6.75. The lowest BCUT2D eigenvalue weighted by molar-refractivity contribution is 0.257. The van der Waals surface area contributed by atoms with Crippen molar-refractivity contribution in [1.82, 2.24) is 9.88 Å². The van der Waals surface area contributed by atoms with Gasteiger partial charge in [0.2, 0.25) is 0 Å². The van der Waals surface area contributed by atoms with Crippen LogP contribution in [0, 0.1) is 0 Å². The first kappa shape index (κ1) is 9.94. The molecular weight excluding hydrogens is 196 g/mol. The number of aromatic nitrogens is 1. The summed E-state index contributed by atoms with van der Waals surface area (Å²) in [6.45, 7) is 4.40. The first-order chi connectivity index (χ1) is 6.75. The van der Waals surface area contributed by atoms with Gasteiger partial charge in [0.1, 0.15) is 5.15 Å². The van der Waals surface area contributed by atoms with Gasteiger partial charge in [-0.15, -0.1) is 0 Å². The van der Waals surface area contributed by atoms with Gasteiger partial charge in [-0.2, -0.15) is 0 Å². The van der Waals surface area contributed by atoms with Gasteiger partial charge in [0.05, 0.1) is 5.69 Å². The summed E-state index contributed by atoms with van der Waals surface area (Å²) >= 11 is 5.84. The van der Waals surface area contributed by atoms with E-state index in [0.717, 1.165) is 12.2 Å². The van der Waals surface area contributed by atoms with Crippen LogP contribution in [-0.4, -0.2) is 22.5 Å². The molecule has 0 N–H and O–H groups in total. The van der Waals surface area contributed by atoms with E-state index in [1.807, 2.05) is 18.2 Å². The number of hydrogen-bond acceptors (Lipinski definition) is 2. The summed E-state index contributed by atoms with van der Waals surface area (Å²) in [5.74, 6) is 0. The Hall–Kier alpha value is -0.600. The summed E-state index contributed by atoms with van der Waals surface area (Å²) in [6.07, 6.45) is 2.61. The molecule has 0 saturated carbocycles. The van der Waals surface area contributed by atoms with E-state index < -0.39 is 0 Å². The maximum atomic E-state index is 5.84. The van der Waals surface area contributed by atoms with Crippen molar-refractivity contribution in [2.45, 2.75) is 32.4 Å². The molecule has 1 fully saturated rings. The molecule has 0 radical (unpaired) electrons. The lowest BCUT2D eigenvalue weighted by Gasteiger charge is -2.20. The predicted molar refractivity (Wildman–Crippen MR) is 58.4 cm³/mol. The standard InChI is InChI=1S/C11H15ClN2/c1-9-4-3-7-14(9)8-10-5-2-6-11(12)13-10/h2,5-6,9H,3-4,7-8H2,1H3. The fourth-order valence-corrected chi connectivity index (χ4v) is 2.16. The molecule has 1 atom stereocenters. The van der Waals surface area contributed by atoms with E-state index in [1.165, 1.54) is 19.4 Å². The van der Waals surface area contributed by atoms with Crippen molar-refractivity contribution in [3.05, 3.63) is 29.0 Å². The van der Waals surface area contributed by atoms with E-state index in [2.05, 4.69) is 16.8 Å². The fourth-order valence-electron chi connectivity index (χ4n) is 1.97. The molecule has 0 bridgehead atoms. The zero-order valence-corrected chi connectivity index (χ0v) is 9.17. The quantitative estimate of drug-likeness (QED) is 0.698. The summed E-state index contributed by atoms with van der Waals surface area (Å²) in [5.41, 5.74) is 1.08. The summed E-state index contributed by atoms with van der Waals surface area (Å²) in [5, 5.41) is 0.592. The highest BCUT2D eigenvalue weighted by Gasteiger charge is 2.20. The summed E-state index contributed by atoms with van der Waals surface area (Å²) in [6, 6.07) is 6.51. The van der Waals surface area contributed by atoms with Gasteiger partial charge in [-0.05, 0) is 38.4 Å². The number of hydrogen-bond donors (Lipinski definition) is 0. The number of likely N-dealkylation sites (tertiary alicyclic amines) is 1. The molecule has 1 aliphatic heterocycles. The highest BCUT2D eigenvalue weighted by molar-refractivity contribution is 6.29. The topological polar surface area (TPSA) is 16.1 Å². The Morgan fingerprint density at radius 3 is 3.07 bits per heavy atom. The molecule has 14 heavy (non-hydrogen) atoms. The third-order valence-corrected chi connectivity index (χ3v) is 3.04. The molecule has 0 aromatic carbocycles. The summed E-state index contributed by atoms with van der Waals surface area (Å²) < 4.78 is 0. The minimum absolute atomic E-state index is 0.592. The molecule has 1 aromatic heterocycles. The van der Waals surface area contributed by atoms with Crippen molar-refractivity contribution in [2.75, 3.05) is 6.54 Å². The Morgan fingerprint density at radius 1 is 1.57 bits per heavy atom. The molecule has 1 unspecified atom stereocenters. The number of nitrogens with zero attached hydrogens (tertiary/aromatic N) is 2. The van der Waals surface area contributed by atoms with Gasteiger partial charge < -0.3 is 0 Å². The zero-order valence-electron chi connectivity index (χ0n) is 8.41. The molecular formula is C11H15ClN2. The second kappa shape index (κ2) is 4.28. The van der Waals surface area contributed by atoms with Crippen molar-refractivity contribution in [1.29, 1.82) is 0 Å². The SMILES string of the molecule is CC1CCCN1Cc1cccc(Cl)n1. The van der Waals surface area contributed by atoms with E-state index in [1.54, 1.807) is 0 Å². The van der Waals surface area contributed by atoms with Crippen LogP contribution in [0.15, 0.2) is 18.2 Å². The van der Waals surface area contributed by atoms with Gasteiger partial charge in [0.25, 0.3) is 0 Å². The maximum Gasteiger partial charge on any atom is 0.129 e. The number of rotatable bonds is 2. The van der Waals surface area contributed by atoms with Crippen LogP contribution >= 0.6 is 11.6 Å². The molecule has 2 heterocycles. The van der Waals surface area contributed by atoms with Gasteiger partial charge in [-0.1, -0.05) is 17.7 Å². The van der Waals surface area contributed by atoms with Crippen molar-refractivity contribution in [2.24, 2.45) is 0 Å². The average molecular weight is 211 g/mol. The number of pyridine rings is 1. The van der Waals surface area contributed by atoms with Crippen LogP contribution in [0.5, 0.6) is 0 Å². The number of halogens is 1. The second-order valence-electron chi connectivity index (χ2n) is 3.91. The van der Waals surface area contributed by atoms with E-state index in [-0.39, 0.29) is 0 Å². The molecule has 3 heteroatoms. The molecule has 0 aliphatic carbocycles. The fraction of sp³-hybridized carbons (Fsp3) is 0.545. The van der Waals surface area contributed by atoms with Crippen LogP contribution in [0.25, 0.3) is 0 Å². The van der Waals surface area contributed by atoms with Crippen LogP contribution in [0.1, 0.15) is 25.5 Å². The lowest BCUT2D eigenvalue weighted by Crippen LogP contribution is -2.26. The Balaban J connectivity index is 2.03. The second-order valence-corrected chi connectivity index (χ2v) is 4.30. The third-order valence-electron chi connectivity index (χ3n) is 2.83. The van der Waals surface area contributed by atoms with Crippen molar-refractivity contribution in [3.8, 4) is 0 Å². The molecule has 2 rings (SSSR count). The molecule has 1 saturated heterocycles. The van der Waals surface area contributed by atoms with Crippen LogP contribution in [0.2, 0.25) is 5.15 Å². The normalized spacial score (nSPS) is 22.9. The lowest BCUT2D eigenvalue weighted by atomic mass is 10.2. The minimum atomic E-state index is 0.592. The van der Waals surface area contributed by atoms with Gasteiger partial charge >= 0.3 is 0 Å². The molecule has 0 amide bonds. The molecule has 0 spiro atoms. The zero-order chi connectivity index (χ0) is 9.97. The Morgan fingerprint density at radius 2 is 2.43 bits per heavy atom. The Labute approximate surface area is 89.9 Å². The van der Waals surface area contributed by atoms with Gasteiger partial charge in [-0.25, -0.2) is 4.98 Å². The summed E-state index contributed by atoms with van der Waals surface area (Å²) in [7, 11) is 0. The molecule has 76 valence electrons. The van der Waals surface area contributed by atoms with Crippen molar-refractivity contribution in [3.63, 3.8) is 0 Å². The molecule has 1 aromatic rings. The van der Waals surface area contributed by atoms with E-state index in [9.17, 15) is 0 Å². The van der Waals surface area contributed by atoms with Gasteiger partial charge in [0, 0.05) is 12.6 Å². The van der Waals surface area contributed by atoms with Crippen LogP contribution in [0.3, 0.4) is 0 Å². The largest absolute Gasteiger partial charge is 0.295 e. The van der Waals surface area contributed by atoms with Gasteiger partial charge in [0.15, 0.2) is 0 Å². The van der Waals surface area contributed by atoms with Crippen LogP contribution in [-0.2, 0) is 6.54 Å². The predicted octanol–water partition coefficient (Wildman–Crippen LogP) is 2.72. The first-order valence-corrected chi connectivity index (χ1v) is 5.49. The monoisotopic (exact) mass is 210 g/mol. The maximum absolute atomic E-state index is 5.84. The van der Waals surface area contributed by atoms with E-state index in [0.29, 0.717) is 11.2 Å². The molecule has 1 aliphatic rings. The van der Waals surface area contributed by atoms with E-state index >= 15 is 0 Å². The van der Waals surface area contributed by atoms with E-state index in [4.69, 9.17) is 11.6 Å². The van der Waals surface area contributed by atoms with Crippen molar-refractivity contribution < 1.29 is 0 Å². The van der Waals surface area contributed by atoms with Crippen LogP contribution < -0.4 is 0 Å². The first-order valence-electron chi connectivity index (χ1n) is 5.11. The molecule has 2 nitrogen and oxygen atoms in total. The Kier molecular flexibility index (Phi) is 3.04. The Bertz CT molecular complexity index is 314. The smallest absolute Gasteiger partial charge is 0.129 e. The third kappa shape index (κ3) is 2.25. The highest BCUT2D eigenvalue weighted by atomic mass is 35.5. The van der Waals surface area contributed by atoms with Gasteiger partial charge in [-0.3, -0.25) is 4.90 Å². The van der Waals surface area contributed by atoms with Crippen LogP contribution in [0.4, 0.5) is 0 Å². The average Bonchev–Trinajstić information content (AvgIpc) is 2.52.